The van der Waals surface area contributed by atoms with Gasteiger partial charge in [-0.2, -0.15) is 4.39 Å². The Morgan fingerprint density at radius 1 is 1.31 bits per heavy atom. The third-order valence-corrected chi connectivity index (χ3v) is 4.33. The minimum Gasteiger partial charge on any atom is -0.497 e. The molecule has 2 aromatic rings. The quantitative estimate of drug-likeness (QED) is 0.649. The van der Waals surface area contributed by atoms with Gasteiger partial charge in [-0.05, 0) is 37.1 Å². The summed E-state index contributed by atoms with van der Waals surface area (Å²) in [7, 11) is 1.36. The first-order valence-electron chi connectivity index (χ1n) is 8.16. The molecular weight excluding hydrogens is 341 g/mol. The molecule has 3 rings (SSSR count). The summed E-state index contributed by atoms with van der Waals surface area (Å²) >= 11 is 0. The van der Waals surface area contributed by atoms with E-state index in [4.69, 9.17) is 4.74 Å². The molecule has 0 saturated heterocycles. The maximum absolute atomic E-state index is 14.1. The Balaban J connectivity index is 1.99. The highest BCUT2D eigenvalue weighted by molar-refractivity contribution is 5.96. The van der Waals surface area contributed by atoms with Gasteiger partial charge in [-0.15, -0.1) is 0 Å². The third kappa shape index (κ3) is 3.17. The number of carbonyl (C=O) groups is 1. The number of hydrogen-bond donors (Lipinski definition) is 1. The van der Waals surface area contributed by atoms with Crippen LogP contribution in [-0.4, -0.2) is 24.5 Å². The van der Waals surface area contributed by atoms with Crippen LogP contribution in [0.1, 0.15) is 18.9 Å². The third-order valence-electron chi connectivity index (χ3n) is 4.33. The van der Waals surface area contributed by atoms with Crippen molar-refractivity contribution in [3.8, 4) is 5.75 Å². The van der Waals surface area contributed by atoms with Crippen LogP contribution < -0.4 is 15.0 Å². The summed E-state index contributed by atoms with van der Waals surface area (Å²) in [5.41, 5.74) is 1.73. The Labute approximate surface area is 149 Å². The van der Waals surface area contributed by atoms with E-state index in [0.717, 1.165) is 17.3 Å². The van der Waals surface area contributed by atoms with Gasteiger partial charge < -0.3 is 15.0 Å². The van der Waals surface area contributed by atoms with Crippen LogP contribution in [0, 0.1) is 15.9 Å². The number of nitrogens with zero attached hydrogens (tertiary/aromatic N) is 2. The molecule has 1 aliphatic rings. The summed E-state index contributed by atoms with van der Waals surface area (Å²) in [4.78, 5) is 24.1. The van der Waals surface area contributed by atoms with E-state index in [9.17, 15) is 19.3 Å². The zero-order valence-electron chi connectivity index (χ0n) is 14.4. The molecule has 1 aliphatic heterocycles. The molecule has 8 heteroatoms. The number of methoxy groups -OCH3 is 1. The number of benzene rings is 2. The summed E-state index contributed by atoms with van der Waals surface area (Å²) < 4.78 is 19.1. The van der Waals surface area contributed by atoms with Gasteiger partial charge >= 0.3 is 5.69 Å². The van der Waals surface area contributed by atoms with Crippen molar-refractivity contribution in [1.29, 1.82) is 0 Å². The molecule has 0 aliphatic carbocycles. The standard InChI is InChI=1S/C18H18FN3O4/c1-3-21-16-6-5-12(8-11(16)4-7-17(21)23)20-15-10-13(26-2)9-14(19)18(15)22(24)25/h5-6,8-10,20H,3-4,7H2,1-2H3. The number of halogens is 1. The number of ether oxygens (including phenoxy) is 1. The van der Waals surface area contributed by atoms with Crippen LogP contribution in [0.3, 0.4) is 0 Å². The number of nitro groups is 1. The SMILES string of the molecule is CCN1C(=O)CCc2cc(Nc3cc(OC)cc(F)c3[N+](=O)[O-])ccc21. The number of rotatable bonds is 5. The lowest BCUT2D eigenvalue weighted by Gasteiger charge is -2.28. The molecule has 2 aromatic carbocycles. The van der Waals surface area contributed by atoms with Gasteiger partial charge in [-0.3, -0.25) is 14.9 Å². The largest absolute Gasteiger partial charge is 0.497 e. The van der Waals surface area contributed by atoms with E-state index in [2.05, 4.69) is 5.32 Å². The molecule has 0 aromatic heterocycles. The zero-order valence-corrected chi connectivity index (χ0v) is 14.4. The first-order valence-corrected chi connectivity index (χ1v) is 8.16. The van der Waals surface area contributed by atoms with Crippen molar-refractivity contribution in [2.45, 2.75) is 19.8 Å². The fourth-order valence-electron chi connectivity index (χ4n) is 3.11. The van der Waals surface area contributed by atoms with Gasteiger partial charge in [0.05, 0.1) is 12.0 Å². The maximum atomic E-state index is 14.1. The van der Waals surface area contributed by atoms with Crippen molar-refractivity contribution in [2.75, 3.05) is 23.9 Å². The lowest BCUT2D eigenvalue weighted by molar-refractivity contribution is -0.386. The minimum absolute atomic E-state index is 0.00559. The predicted molar refractivity (Wildman–Crippen MR) is 95.7 cm³/mol. The Kier molecular flexibility index (Phi) is 4.75. The van der Waals surface area contributed by atoms with Crippen LogP contribution in [0.25, 0.3) is 0 Å². The van der Waals surface area contributed by atoms with Crippen molar-refractivity contribution in [3.05, 3.63) is 51.8 Å². The molecule has 0 bridgehead atoms. The second-order valence-electron chi connectivity index (χ2n) is 5.87. The second kappa shape index (κ2) is 6.99. The molecule has 7 nitrogen and oxygen atoms in total. The molecule has 0 atom stereocenters. The first-order chi connectivity index (χ1) is 12.4. The maximum Gasteiger partial charge on any atom is 0.328 e. The van der Waals surface area contributed by atoms with E-state index in [-0.39, 0.29) is 17.3 Å². The number of anilines is 3. The zero-order chi connectivity index (χ0) is 18.8. The van der Waals surface area contributed by atoms with Gasteiger partial charge in [-0.1, -0.05) is 0 Å². The van der Waals surface area contributed by atoms with Crippen molar-refractivity contribution >= 4 is 28.7 Å². The lowest BCUT2D eigenvalue weighted by atomic mass is 10.0. The average molecular weight is 359 g/mol. The van der Waals surface area contributed by atoms with Gasteiger partial charge in [0.2, 0.25) is 11.7 Å². The molecule has 0 spiro atoms. The van der Waals surface area contributed by atoms with Crippen molar-refractivity contribution in [1.82, 2.24) is 0 Å². The number of amides is 1. The molecular formula is C18H18FN3O4. The molecule has 1 N–H and O–H groups in total. The van der Waals surface area contributed by atoms with Crippen LogP contribution in [0.2, 0.25) is 0 Å². The Bertz CT molecular complexity index is 885. The van der Waals surface area contributed by atoms with Gasteiger partial charge in [0.15, 0.2) is 0 Å². The summed E-state index contributed by atoms with van der Waals surface area (Å²) in [5.74, 6) is -0.722. The van der Waals surface area contributed by atoms with Crippen LogP contribution in [-0.2, 0) is 11.2 Å². The van der Waals surface area contributed by atoms with Crippen molar-refractivity contribution in [3.63, 3.8) is 0 Å². The second-order valence-corrected chi connectivity index (χ2v) is 5.87. The number of carbonyl (C=O) groups excluding carboxylic acids is 1. The Morgan fingerprint density at radius 2 is 2.08 bits per heavy atom. The lowest BCUT2D eigenvalue weighted by Crippen LogP contribution is -2.34. The van der Waals surface area contributed by atoms with E-state index in [1.54, 1.807) is 17.0 Å². The molecule has 0 radical (unpaired) electrons. The number of nitro benzene ring substituents is 1. The Morgan fingerprint density at radius 3 is 2.73 bits per heavy atom. The Hall–Kier alpha value is -3.16. The van der Waals surface area contributed by atoms with E-state index in [1.807, 2.05) is 13.0 Å². The van der Waals surface area contributed by atoms with E-state index in [1.165, 1.54) is 13.2 Å². The molecule has 1 amide bonds. The van der Waals surface area contributed by atoms with Crippen molar-refractivity contribution < 1.29 is 18.8 Å². The highest BCUT2D eigenvalue weighted by Crippen LogP contribution is 2.36. The fourth-order valence-corrected chi connectivity index (χ4v) is 3.11. The number of nitrogens with one attached hydrogen (secondary N) is 1. The average Bonchev–Trinajstić information content (AvgIpc) is 2.61. The van der Waals surface area contributed by atoms with Crippen LogP contribution in [0.5, 0.6) is 5.75 Å². The van der Waals surface area contributed by atoms with E-state index in [0.29, 0.717) is 25.1 Å². The molecule has 0 saturated carbocycles. The minimum atomic E-state index is -0.974. The monoisotopic (exact) mass is 359 g/mol. The molecule has 136 valence electrons. The number of aryl methyl sites for hydroxylation is 1. The molecule has 1 heterocycles. The first kappa shape index (κ1) is 17.7. The van der Waals surface area contributed by atoms with Crippen LogP contribution in [0.4, 0.5) is 27.1 Å². The smallest absolute Gasteiger partial charge is 0.328 e. The molecule has 0 fully saturated rings. The predicted octanol–water partition coefficient (Wildman–Crippen LogP) is 3.79. The molecule has 26 heavy (non-hydrogen) atoms. The van der Waals surface area contributed by atoms with Gasteiger partial charge in [0, 0.05) is 36.5 Å². The highest BCUT2D eigenvalue weighted by Gasteiger charge is 2.25. The van der Waals surface area contributed by atoms with Gasteiger partial charge in [0.25, 0.3) is 0 Å². The van der Waals surface area contributed by atoms with E-state index >= 15 is 0 Å². The van der Waals surface area contributed by atoms with E-state index < -0.39 is 16.4 Å². The summed E-state index contributed by atoms with van der Waals surface area (Å²) in [6.07, 6.45) is 1.01. The number of hydrogen-bond acceptors (Lipinski definition) is 5. The van der Waals surface area contributed by atoms with Gasteiger partial charge in [0.1, 0.15) is 11.4 Å². The van der Waals surface area contributed by atoms with Crippen LogP contribution in [0.15, 0.2) is 30.3 Å². The van der Waals surface area contributed by atoms with Crippen molar-refractivity contribution in [2.24, 2.45) is 0 Å². The van der Waals surface area contributed by atoms with Crippen LogP contribution >= 0.6 is 0 Å². The topological polar surface area (TPSA) is 84.7 Å². The summed E-state index contributed by atoms with van der Waals surface area (Å²) in [6.45, 7) is 2.48. The summed E-state index contributed by atoms with van der Waals surface area (Å²) in [6, 6.07) is 7.68. The summed E-state index contributed by atoms with van der Waals surface area (Å²) in [5, 5.41) is 14.1. The highest BCUT2D eigenvalue weighted by atomic mass is 19.1. The fraction of sp³-hybridized carbons (Fsp3) is 0.278. The number of fused-ring (bicyclic) bond motifs is 1. The normalized spacial score (nSPS) is 13.3. The molecule has 0 unspecified atom stereocenters. The van der Waals surface area contributed by atoms with Gasteiger partial charge in [-0.25, -0.2) is 0 Å².